The highest BCUT2D eigenvalue weighted by Crippen LogP contribution is 2.14. The van der Waals surface area contributed by atoms with Crippen LogP contribution in [0.2, 0.25) is 0 Å². The van der Waals surface area contributed by atoms with Crippen LogP contribution in [0.3, 0.4) is 0 Å². The fraction of sp³-hybridized carbons (Fsp3) is 0.836. The number of carbonyl (C=O) groups excluding carboxylic acids is 3. The molecule has 0 saturated heterocycles. The second kappa shape index (κ2) is 50.3. The van der Waals surface area contributed by atoms with E-state index in [1.54, 1.807) is 0 Å². The van der Waals surface area contributed by atoms with Crippen LogP contribution in [0.4, 0.5) is 0 Å². The lowest BCUT2D eigenvalue weighted by molar-refractivity contribution is -0.167. The molecule has 0 bridgehead atoms. The van der Waals surface area contributed by atoms with Crippen molar-refractivity contribution in [3.05, 3.63) is 36.5 Å². The number of rotatable bonds is 48. The Balaban J connectivity index is 4.36. The maximum atomic E-state index is 12.8. The van der Waals surface area contributed by atoms with Crippen molar-refractivity contribution in [1.82, 2.24) is 0 Å². The quantitative estimate of drug-likeness (QED) is 0.0262. The number of unbranched alkanes of at least 4 members (excludes halogenated alkanes) is 31. The van der Waals surface area contributed by atoms with Gasteiger partial charge in [0.25, 0.3) is 0 Å². The van der Waals surface area contributed by atoms with Crippen molar-refractivity contribution in [3.63, 3.8) is 0 Å². The highest BCUT2D eigenvalue weighted by atomic mass is 16.6. The highest BCUT2D eigenvalue weighted by Gasteiger charge is 2.19. The highest BCUT2D eigenvalue weighted by molar-refractivity contribution is 5.71. The number of allylic oxidation sites excluding steroid dienone is 6. The van der Waals surface area contributed by atoms with Crippen molar-refractivity contribution in [2.24, 2.45) is 0 Å². The monoisotopic (exact) mass is 857 g/mol. The van der Waals surface area contributed by atoms with Crippen LogP contribution < -0.4 is 0 Å². The van der Waals surface area contributed by atoms with Gasteiger partial charge in [0.1, 0.15) is 13.2 Å². The summed E-state index contributed by atoms with van der Waals surface area (Å²) < 4.78 is 16.8. The lowest BCUT2D eigenvalue weighted by Crippen LogP contribution is -2.30. The minimum atomic E-state index is -0.784. The van der Waals surface area contributed by atoms with E-state index < -0.39 is 6.10 Å². The Kier molecular flexibility index (Phi) is 48.3. The summed E-state index contributed by atoms with van der Waals surface area (Å²) in [7, 11) is 0. The van der Waals surface area contributed by atoms with E-state index in [1.807, 2.05) is 0 Å². The van der Waals surface area contributed by atoms with E-state index in [0.29, 0.717) is 19.3 Å². The van der Waals surface area contributed by atoms with Gasteiger partial charge in [0.2, 0.25) is 0 Å². The minimum Gasteiger partial charge on any atom is -0.462 e. The summed E-state index contributed by atoms with van der Waals surface area (Å²) in [5, 5.41) is 0. The molecule has 0 saturated carbocycles. The molecule has 0 spiro atoms. The van der Waals surface area contributed by atoms with Gasteiger partial charge in [0.15, 0.2) is 6.10 Å². The average molecular weight is 857 g/mol. The predicted molar refractivity (Wildman–Crippen MR) is 261 cm³/mol. The summed E-state index contributed by atoms with van der Waals surface area (Å²) in [4.78, 5) is 37.9. The molecule has 1 unspecified atom stereocenters. The van der Waals surface area contributed by atoms with E-state index in [4.69, 9.17) is 14.2 Å². The summed E-state index contributed by atoms with van der Waals surface area (Å²) in [6.45, 7) is 6.60. The average Bonchev–Trinajstić information content (AvgIpc) is 3.26. The molecule has 6 heteroatoms. The molecule has 0 N–H and O–H groups in total. The number of ether oxygens (including phenoxy) is 3. The van der Waals surface area contributed by atoms with Gasteiger partial charge in [0.05, 0.1) is 0 Å². The van der Waals surface area contributed by atoms with Gasteiger partial charge in [-0.25, -0.2) is 0 Å². The molecule has 0 aliphatic rings. The molecule has 0 rings (SSSR count). The maximum absolute atomic E-state index is 12.8. The fourth-order valence-corrected chi connectivity index (χ4v) is 7.54. The molecular formula is C55H100O6. The molecule has 6 nitrogen and oxygen atoms in total. The Morgan fingerprint density at radius 2 is 0.541 bits per heavy atom. The Labute approximate surface area is 378 Å². The molecular weight excluding hydrogens is 757 g/mol. The molecule has 0 fully saturated rings. The molecule has 1 atom stereocenters. The topological polar surface area (TPSA) is 78.9 Å². The van der Waals surface area contributed by atoms with Crippen LogP contribution >= 0.6 is 0 Å². The van der Waals surface area contributed by atoms with Crippen LogP contribution in [0.1, 0.15) is 278 Å². The first kappa shape index (κ1) is 58.6. The lowest BCUT2D eigenvalue weighted by Gasteiger charge is -2.18. The molecule has 0 aromatic rings. The van der Waals surface area contributed by atoms with E-state index in [0.717, 1.165) is 83.5 Å². The van der Waals surface area contributed by atoms with E-state index >= 15 is 0 Å². The van der Waals surface area contributed by atoms with E-state index in [1.165, 1.54) is 154 Å². The molecule has 0 radical (unpaired) electrons. The minimum absolute atomic E-state index is 0.0836. The Bertz CT molecular complexity index is 1030. The standard InChI is InChI=1S/C55H100O6/c1-4-7-10-13-16-19-22-25-26-27-28-29-31-33-36-39-42-45-48-54(57)60-51-52(50-59-53(56)47-44-41-38-35-32-24-21-18-15-12-9-6-3)61-55(58)49-46-43-40-37-34-30-23-20-17-14-11-8-5-2/h18,21,28-30,34,52H,4-17,19-20,22-27,31-33,35-51H2,1-3H3/b21-18-,29-28-,34-30-. The number of hydrogen-bond donors (Lipinski definition) is 0. The molecule has 0 aliphatic heterocycles. The Morgan fingerprint density at radius 1 is 0.311 bits per heavy atom. The van der Waals surface area contributed by atoms with Crippen molar-refractivity contribution < 1.29 is 28.6 Å². The number of carbonyl (C=O) groups is 3. The van der Waals surface area contributed by atoms with Gasteiger partial charge >= 0.3 is 17.9 Å². The third-order valence-electron chi connectivity index (χ3n) is 11.6. The van der Waals surface area contributed by atoms with Crippen LogP contribution in [0, 0.1) is 0 Å². The Hall–Kier alpha value is -2.37. The zero-order chi connectivity index (χ0) is 44.4. The van der Waals surface area contributed by atoms with Gasteiger partial charge in [-0.05, 0) is 96.3 Å². The van der Waals surface area contributed by atoms with Crippen LogP contribution in [0.25, 0.3) is 0 Å². The van der Waals surface area contributed by atoms with E-state index in [-0.39, 0.29) is 31.1 Å². The van der Waals surface area contributed by atoms with Gasteiger partial charge in [-0.1, -0.05) is 198 Å². The normalized spacial score (nSPS) is 12.2. The van der Waals surface area contributed by atoms with Crippen molar-refractivity contribution in [2.75, 3.05) is 13.2 Å². The zero-order valence-corrected chi connectivity index (χ0v) is 40.7. The summed E-state index contributed by atoms with van der Waals surface area (Å²) in [5.74, 6) is -0.908. The van der Waals surface area contributed by atoms with Crippen LogP contribution in [-0.2, 0) is 28.6 Å². The van der Waals surface area contributed by atoms with Crippen molar-refractivity contribution in [2.45, 2.75) is 284 Å². The summed E-state index contributed by atoms with van der Waals surface area (Å²) >= 11 is 0. The van der Waals surface area contributed by atoms with Gasteiger partial charge in [0, 0.05) is 19.3 Å². The molecule has 0 aromatic carbocycles. The van der Waals surface area contributed by atoms with Crippen molar-refractivity contribution >= 4 is 17.9 Å². The molecule has 61 heavy (non-hydrogen) atoms. The maximum Gasteiger partial charge on any atom is 0.306 e. The summed E-state index contributed by atoms with van der Waals surface area (Å²) in [6.07, 6.45) is 58.4. The number of hydrogen-bond acceptors (Lipinski definition) is 6. The zero-order valence-electron chi connectivity index (χ0n) is 40.7. The molecule has 0 heterocycles. The van der Waals surface area contributed by atoms with Gasteiger partial charge in [-0.2, -0.15) is 0 Å². The second-order valence-corrected chi connectivity index (χ2v) is 17.8. The molecule has 0 aromatic heterocycles. The summed E-state index contributed by atoms with van der Waals surface area (Å²) in [5.41, 5.74) is 0. The Morgan fingerprint density at radius 3 is 0.869 bits per heavy atom. The first-order valence-corrected chi connectivity index (χ1v) is 26.5. The molecule has 0 amide bonds. The van der Waals surface area contributed by atoms with Crippen LogP contribution in [0.5, 0.6) is 0 Å². The third-order valence-corrected chi connectivity index (χ3v) is 11.6. The van der Waals surface area contributed by atoms with Gasteiger partial charge < -0.3 is 14.2 Å². The first-order valence-electron chi connectivity index (χ1n) is 26.5. The van der Waals surface area contributed by atoms with Crippen LogP contribution in [-0.4, -0.2) is 37.2 Å². The largest absolute Gasteiger partial charge is 0.462 e. The molecule has 356 valence electrons. The lowest BCUT2D eigenvalue weighted by atomic mass is 10.1. The SMILES string of the molecule is CCCCC/C=C\CCCCCCCC(=O)OCC(COC(=O)CCCCCCC/C=C\CCCCCCCCCCC)OC(=O)CCCCC/C=C\CCCCCCCC. The smallest absolute Gasteiger partial charge is 0.306 e. The van der Waals surface area contributed by atoms with E-state index in [9.17, 15) is 14.4 Å². The fourth-order valence-electron chi connectivity index (χ4n) is 7.54. The van der Waals surface area contributed by atoms with Crippen LogP contribution in [0.15, 0.2) is 36.5 Å². The molecule has 0 aliphatic carbocycles. The van der Waals surface area contributed by atoms with Gasteiger partial charge in [-0.3, -0.25) is 14.4 Å². The third kappa shape index (κ3) is 48.5. The first-order chi connectivity index (χ1) is 30.0. The van der Waals surface area contributed by atoms with Crippen molar-refractivity contribution in [1.29, 1.82) is 0 Å². The summed E-state index contributed by atoms with van der Waals surface area (Å²) in [6, 6.07) is 0. The predicted octanol–water partition coefficient (Wildman–Crippen LogP) is 17.3. The van der Waals surface area contributed by atoms with Crippen molar-refractivity contribution in [3.8, 4) is 0 Å². The number of esters is 3. The second-order valence-electron chi connectivity index (χ2n) is 17.8. The van der Waals surface area contributed by atoms with E-state index in [2.05, 4.69) is 57.2 Å². The van der Waals surface area contributed by atoms with Gasteiger partial charge in [-0.15, -0.1) is 0 Å².